The molecule has 6 aliphatic rings. The molecule has 7 heterocycles. The summed E-state index contributed by atoms with van der Waals surface area (Å²) < 4.78 is 33.4. The van der Waals surface area contributed by atoms with Crippen LogP contribution in [0.2, 0.25) is 0 Å². The second kappa shape index (κ2) is 22.4. The van der Waals surface area contributed by atoms with Gasteiger partial charge in [-0.05, 0) is 114 Å². The molecule has 422 valence electrons. The van der Waals surface area contributed by atoms with Crippen molar-refractivity contribution < 1.29 is 37.5 Å². The van der Waals surface area contributed by atoms with Crippen LogP contribution in [-0.2, 0) is 30.2 Å². The van der Waals surface area contributed by atoms with E-state index in [0.717, 1.165) is 117 Å². The van der Waals surface area contributed by atoms with Crippen molar-refractivity contribution in [3.8, 4) is 28.0 Å². The van der Waals surface area contributed by atoms with E-state index in [0.29, 0.717) is 67.3 Å². The zero-order valence-corrected chi connectivity index (χ0v) is 48.4. The first-order valence-corrected chi connectivity index (χ1v) is 30.1. The van der Waals surface area contributed by atoms with Gasteiger partial charge in [-0.15, -0.1) is 0 Å². The number of rotatable bonds is 15. The van der Waals surface area contributed by atoms with Crippen LogP contribution in [0.4, 0.5) is 34.5 Å². The molecule has 6 aromatic rings. The number of ether oxygens (including phenoxy) is 1. The Balaban J connectivity index is 0.660. The number of aromatic nitrogens is 4. The molecule has 81 heavy (non-hydrogen) atoms. The smallest absolute Gasteiger partial charge is 0.362 e. The quantitative estimate of drug-likeness (QED) is 0.0652. The summed E-state index contributed by atoms with van der Waals surface area (Å²) in [5.41, 5.74) is 7.94. The van der Waals surface area contributed by atoms with Gasteiger partial charge < -0.3 is 34.2 Å². The lowest BCUT2D eigenvalue weighted by molar-refractivity contribution is -0.136. The second-order valence-corrected chi connectivity index (χ2v) is 25.2. The zero-order chi connectivity index (χ0) is 56.2. The van der Waals surface area contributed by atoms with Crippen molar-refractivity contribution in [2.45, 2.75) is 69.5 Å². The van der Waals surface area contributed by atoms with Gasteiger partial charge in [0.05, 0.1) is 45.6 Å². The molecule has 5 aliphatic heterocycles. The van der Waals surface area contributed by atoms with E-state index in [9.17, 15) is 23.7 Å². The number of halogens is 1. The number of fused-ring (bicyclic) bond motifs is 1. The summed E-state index contributed by atoms with van der Waals surface area (Å²) in [7, 11) is 2.60. The van der Waals surface area contributed by atoms with Crippen LogP contribution in [0.1, 0.15) is 72.1 Å². The van der Waals surface area contributed by atoms with E-state index < -0.39 is 31.4 Å². The summed E-state index contributed by atoms with van der Waals surface area (Å²) in [4.78, 5) is 71.9. The number of carbonyl (C=O) groups excluding carboxylic acids is 4. The van der Waals surface area contributed by atoms with Gasteiger partial charge in [-0.2, -0.15) is 10.1 Å². The van der Waals surface area contributed by atoms with Crippen molar-refractivity contribution >= 4 is 87.0 Å². The topological polar surface area (TPSA) is 209 Å². The Hall–Kier alpha value is -7.00. The van der Waals surface area contributed by atoms with Crippen LogP contribution >= 0.6 is 23.5 Å². The number of hydrogen-bond acceptors (Lipinski definition) is 17. The first-order valence-electron chi connectivity index (χ1n) is 27.8. The Morgan fingerprint density at radius 1 is 0.704 bits per heavy atom. The summed E-state index contributed by atoms with van der Waals surface area (Å²) in [6.07, 6.45) is 12.5. The summed E-state index contributed by atoms with van der Waals surface area (Å²) in [5, 5.41) is 14.0. The molecule has 0 bridgehead atoms. The van der Waals surface area contributed by atoms with E-state index in [2.05, 4.69) is 73.7 Å². The number of nitrogens with zero attached hydrogens (tertiary/aromatic N) is 9. The summed E-state index contributed by atoms with van der Waals surface area (Å²) >= 11 is 3.62. The lowest BCUT2D eigenvalue weighted by Crippen LogP contribution is -2.60. The average Bonchev–Trinajstić information content (AvgIpc) is 4.04. The molecule has 0 radical (unpaired) electrons. The Labute approximate surface area is 479 Å². The molecule has 22 heteroatoms. The summed E-state index contributed by atoms with van der Waals surface area (Å²) in [6, 6.07) is 25.2. The molecule has 4 aromatic carbocycles. The maximum Gasteiger partial charge on any atom is 0.362 e. The van der Waals surface area contributed by atoms with Gasteiger partial charge in [0.25, 0.3) is 11.8 Å². The molecule has 1 unspecified atom stereocenters. The van der Waals surface area contributed by atoms with Crippen molar-refractivity contribution in [3.63, 3.8) is 0 Å². The van der Waals surface area contributed by atoms with E-state index in [-0.39, 0.29) is 18.7 Å². The number of carbonyl (C=O) groups is 4. The predicted octanol–water partition coefficient (Wildman–Crippen LogP) is 8.35. The monoisotopic (exact) mass is 1180 g/mol. The fourth-order valence-electron chi connectivity index (χ4n) is 13.0. The number of nitrogens with one attached hydrogen (secondary N) is 3. The fourth-order valence-corrected chi connectivity index (χ4v) is 14.6. The minimum absolute atomic E-state index is 0.0946. The van der Waals surface area contributed by atoms with E-state index in [4.69, 9.17) is 18.8 Å². The molecule has 1 atom stereocenters. The van der Waals surface area contributed by atoms with Crippen LogP contribution in [-0.4, -0.2) is 150 Å². The Morgan fingerprint density at radius 3 is 2.10 bits per heavy atom. The number of benzene rings is 4. The fraction of sp³-hybridized carbons (Fsp3) is 0.407. The molecule has 1 saturated carbocycles. The number of piperidine rings is 3. The number of amides is 4. The van der Waals surface area contributed by atoms with Gasteiger partial charge in [-0.25, -0.2) is 4.98 Å². The molecule has 12 rings (SSSR count). The number of aryl methyl sites for hydroxylation is 1. The highest BCUT2D eigenvalue weighted by molar-refractivity contribution is 9.10. The standard InChI is InChI=1S/C59H66BrN12O8P/c1-67-36-39(34-62-67)44-30-48(64-58-61-35-46(60)54(66-58)63-47-13-10-38(37-8-6-5-7-9-37)28-52(47)81(77,79-3)80-4)51(78-2)31-50(44)71-20-16-40(17-21-71)69-24-26-70(27-25-69)42-32-59(33-42)18-22-68(23-19-59)41-11-12-43-45(29-41)57(76)72(56(43)75)49-14-15-53(73)65-55(49)74/h5-13,28-31,34-36,40,42,49H,14-27,32-33H2,1-4H3,(H,65,73,74)(H2,61,63,64,66). The molecule has 2 aromatic heterocycles. The van der Waals surface area contributed by atoms with Crippen molar-refractivity contribution in [2.75, 3.05) is 94.1 Å². The number of methoxy groups -OCH3 is 1. The molecule has 1 spiro atoms. The van der Waals surface area contributed by atoms with E-state index in [1.54, 1.807) is 19.4 Å². The maximum absolute atomic E-state index is 14.0. The highest BCUT2D eigenvalue weighted by Gasteiger charge is 2.49. The van der Waals surface area contributed by atoms with Crippen molar-refractivity contribution in [1.29, 1.82) is 0 Å². The first kappa shape index (κ1) is 54.6. The Kier molecular flexibility index (Phi) is 15.1. The lowest BCUT2D eigenvalue weighted by Gasteiger charge is -2.57. The second-order valence-electron chi connectivity index (χ2n) is 22.1. The molecule has 3 N–H and O–H groups in total. The minimum atomic E-state index is -3.73. The van der Waals surface area contributed by atoms with Gasteiger partial charge in [0.15, 0.2) is 0 Å². The third-order valence-corrected chi connectivity index (χ3v) is 20.1. The summed E-state index contributed by atoms with van der Waals surface area (Å²) in [6.45, 7) is 7.86. The number of imide groups is 2. The SMILES string of the molecule is COc1cc(N2CCC(N3CCN(C4CC5(CCN(c6ccc7c(c6)C(=O)N(C6CCC(=O)NC6=O)C7=O)CC5)C4)CC3)CC2)c(-c2cnn(C)c2)cc1Nc1ncc(Br)c(Nc2ccc(-c3ccccc3)cc2P(=O)(OC)OC)n1. The zero-order valence-electron chi connectivity index (χ0n) is 45.9. The van der Waals surface area contributed by atoms with Crippen LogP contribution in [0.5, 0.6) is 5.75 Å². The predicted molar refractivity (Wildman–Crippen MR) is 313 cm³/mol. The molecule has 5 fully saturated rings. The van der Waals surface area contributed by atoms with E-state index in [1.165, 1.54) is 27.1 Å². The Bertz CT molecular complexity index is 3450. The van der Waals surface area contributed by atoms with Gasteiger partial charge in [-0.3, -0.25) is 48.4 Å². The average molecular weight is 1180 g/mol. The highest BCUT2D eigenvalue weighted by Crippen LogP contribution is 2.52. The largest absolute Gasteiger partial charge is 0.494 e. The van der Waals surface area contributed by atoms with Crippen LogP contribution < -0.4 is 35.8 Å². The third kappa shape index (κ3) is 10.6. The normalized spacial score (nSPS) is 20.2. The van der Waals surface area contributed by atoms with Crippen molar-refractivity contribution in [3.05, 3.63) is 113 Å². The van der Waals surface area contributed by atoms with Crippen molar-refractivity contribution in [2.24, 2.45) is 12.5 Å². The van der Waals surface area contributed by atoms with Crippen LogP contribution in [0.3, 0.4) is 0 Å². The first-order chi connectivity index (χ1) is 39.2. The van der Waals surface area contributed by atoms with Gasteiger partial charge in [0.2, 0.25) is 17.8 Å². The van der Waals surface area contributed by atoms with Gasteiger partial charge in [0.1, 0.15) is 17.6 Å². The molecule has 4 saturated heterocycles. The summed E-state index contributed by atoms with van der Waals surface area (Å²) in [5.74, 6) is -0.555. The minimum Gasteiger partial charge on any atom is -0.494 e. The van der Waals surface area contributed by atoms with Crippen molar-refractivity contribution in [1.82, 2.24) is 39.8 Å². The number of piperazine rings is 1. The molecular weight excluding hydrogens is 1120 g/mol. The molecular formula is C59H66BrN12O8P. The number of hydrogen-bond donors (Lipinski definition) is 3. The molecule has 4 amide bonds. The van der Waals surface area contributed by atoms with Crippen LogP contribution in [0.25, 0.3) is 22.3 Å². The molecule has 1 aliphatic carbocycles. The van der Waals surface area contributed by atoms with Gasteiger partial charge in [0, 0.05) is 133 Å². The van der Waals surface area contributed by atoms with Gasteiger partial charge in [-0.1, -0.05) is 36.4 Å². The molecule has 20 nitrogen and oxygen atoms in total. The lowest BCUT2D eigenvalue weighted by atomic mass is 9.60. The number of anilines is 6. The van der Waals surface area contributed by atoms with E-state index in [1.807, 2.05) is 84.8 Å². The van der Waals surface area contributed by atoms with E-state index >= 15 is 0 Å². The maximum atomic E-state index is 14.0. The highest BCUT2D eigenvalue weighted by atomic mass is 79.9. The third-order valence-electron chi connectivity index (χ3n) is 17.6. The van der Waals surface area contributed by atoms with Crippen LogP contribution in [0.15, 0.2) is 102 Å². The van der Waals surface area contributed by atoms with Crippen LogP contribution in [0, 0.1) is 5.41 Å². The van der Waals surface area contributed by atoms with Gasteiger partial charge >= 0.3 is 7.60 Å². The Morgan fingerprint density at radius 2 is 1.42 bits per heavy atom.